The number of nitrogens with zero attached hydrogens (tertiary/aromatic N) is 1. The predicted molar refractivity (Wildman–Crippen MR) is 79.8 cm³/mol. The van der Waals surface area contributed by atoms with E-state index in [0.29, 0.717) is 0 Å². The van der Waals surface area contributed by atoms with E-state index in [-0.39, 0.29) is 5.56 Å². The van der Waals surface area contributed by atoms with Gasteiger partial charge in [-0.25, -0.2) is 9.82 Å². The van der Waals surface area contributed by atoms with E-state index in [1.807, 2.05) is 24.3 Å². The van der Waals surface area contributed by atoms with Gasteiger partial charge in [-0.1, -0.05) is 30.3 Å². The maximum Gasteiger partial charge on any atom is 0.274 e. The standard InChI is InChI=1S/C16H12FN3O/c17-14-7-3-1-6-13(14)16(21)20-19-10-11-9-18-15-8-4-2-5-12(11)15/h1-10,18H,(H,20,21). The maximum atomic E-state index is 13.4. The van der Waals surface area contributed by atoms with Crippen molar-refractivity contribution >= 4 is 23.0 Å². The number of fused-ring (bicyclic) bond motifs is 1. The number of hydrazone groups is 1. The predicted octanol–water partition coefficient (Wildman–Crippen LogP) is 3.07. The maximum absolute atomic E-state index is 13.4. The fraction of sp³-hybridized carbons (Fsp3) is 0. The number of aromatic amines is 1. The lowest BCUT2D eigenvalue weighted by Gasteiger charge is -2.00. The number of H-pyrrole nitrogens is 1. The Morgan fingerprint density at radius 1 is 1.14 bits per heavy atom. The molecule has 2 N–H and O–H groups in total. The van der Waals surface area contributed by atoms with Gasteiger partial charge in [0.15, 0.2) is 0 Å². The van der Waals surface area contributed by atoms with Gasteiger partial charge < -0.3 is 4.98 Å². The second-order valence-electron chi connectivity index (χ2n) is 4.47. The summed E-state index contributed by atoms with van der Waals surface area (Å²) in [6.45, 7) is 0. The van der Waals surface area contributed by atoms with Crippen LogP contribution in [0.3, 0.4) is 0 Å². The van der Waals surface area contributed by atoms with Crippen LogP contribution >= 0.6 is 0 Å². The number of rotatable bonds is 3. The van der Waals surface area contributed by atoms with Crippen LogP contribution in [-0.2, 0) is 0 Å². The Balaban J connectivity index is 1.76. The molecule has 2 aromatic carbocycles. The van der Waals surface area contributed by atoms with Gasteiger partial charge in [0.2, 0.25) is 0 Å². The molecule has 0 aliphatic heterocycles. The zero-order valence-corrected chi connectivity index (χ0v) is 11.0. The van der Waals surface area contributed by atoms with E-state index in [1.54, 1.807) is 12.3 Å². The highest BCUT2D eigenvalue weighted by Crippen LogP contribution is 2.15. The molecule has 5 heteroatoms. The third-order valence-electron chi connectivity index (χ3n) is 3.11. The molecule has 1 aromatic heterocycles. The van der Waals surface area contributed by atoms with Crippen LogP contribution in [0.2, 0.25) is 0 Å². The fourth-order valence-corrected chi connectivity index (χ4v) is 2.07. The van der Waals surface area contributed by atoms with Crippen molar-refractivity contribution in [1.82, 2.24) is 10.4 Å². The number of hydrogen-bond acceptors (Lipinski definition) is 2. The van der Waals surface area contributed by atoms with E-state index in [0.717, 1.165) is 16.5 Å². The molecule has 21 heavy (non-hydrogen) atoms. The largest absolute Gasteiger partial charge is 0.361 e. The number of halogens is 1. The van der Waals surface area contributed by atoms with Crippen LogP contribution in [0, 0.1) is 5.82 Å². The topological polar surface area (TPSA) is 57.2 Å². The fourth-order valence-electron chi connectivity index (χ4n) is 2.07. The third-order valence-corrected chi connectivity index (χ3v) is 3.11. The lowest BCUT2D eigenvalue weighted by atomic mass is 10.2. The Hall–Kier alpha value is -2.95. The highest BCUT2D eigenvalue weighted by Gasteiger charge is 2.09. The smallest absolute Gasteiger partial charge is 0.274 e. The Bertz CT molecular complexity index is 823. The van der Waals surface area contributed by atoms with E-state index < -0.39 is 11.7 Å². The Morgan fingerprint density at radius 2 is 1.90 bits per heavy atom. The highest BCUT2D eigenvalue weighted by molar-refractivity contribution is 6.00. The molecule has 1 amide bonds. The van der Waals surface area contributed by atoms with E-state index in [9.17, 15) is 9.18 Å². The molecule has 0 aliphatic carbocycles. The summed E-state index contributed by atoms with van der Waals surface area (Å²) in [6.07, 6.45) is 3.32. The molecule has 0 saturated carbocycles. The minimum absolute atomic E-state index is 0.0337. The zero-order valence-electron chi connectivity index (χ0n) is 11.0. The van der Waals surface area contributed by atoms with Gasteiger partial charge in [0.1, 0.15) is 5.82 Å². The van der Waals surface area contributed by atoms with Crippen molar-refractivity contribution in [2.24, 2.45) is 5.10 Å². The highest BCUT2D eigenvalue weighted by atomic mass is 19.1. The van der Waals surface area contributed by atoms with E-state index in [4.69, 9.17) is 0 Å². The van der Waals surface area contributed by atoms with Crippen LogP contribution < -0.4 is 5.43 Å². The van der Waals surface area contributed by atoms with Gasteiger partial charge in [-0.05, 0) is 18.2 Å². The lowest BCUT2D eigenvalue weighted by Crippen LogP contribution is -2.18. The molecule has 4 nitrogen and oxygen atoms in total. The minimum atomic E-state index is -0.579. The normalized spacial score (nSPS) is 11.1. The summed E-state index contributed by atoms with van der Waals surface area (Å²) in [6, 6.07) is 13.5. The van der Waals surface area contributed by atoms with Crippen LogP contribution in [0.1, 0.15) is 15.9 Å². The summed E-state index contributed by atoms with van der Waals surface area (Å²) in [7, 11) is 0. The second-order valence-corrected chi connectivity index (χ2v) is 4.47. The first kappa shape index (κ1) is 13.1. The van der Waals surface area contributed by atoms with Gasteiger partial charge in [-0.3, -0.25) is 4.79 Å². The van der Waals surface area contributed by atoms with E-state index in [1.165, 1.54) is 24.4 Å². The summed E-state index contributed by atoms with van der Waals surface area (Å²) < 4.78 is 13.4. The van der Waals surface area contributed by atoms with Gasteiger partial charge >= 0.3 is 0 Å². The van der Waals surface area contributed by atoms with Gasteiger partial charge in [0.05, 0.1) is 11.8 Å². The van der Waals surface area contributed by atoms with Crippen molar-refractivity contribution in [3.05, 3.63) is 71.7 Å². The number of carbonyl (C=O) groups is 1. The molecule has 0 radical (unpaired) electrons. The molecule has 0 fully saturated rings. The first-order valence-electron chi connectivity index (χ1n) is 6.40. The Morgan fingerprint density at radius 3 is 2.76 bits per heavy atom. The van der Waals surface area contributed by atoms with Crippen LogP contribution in [-0.4, -0.2) is 17.1 Å². The Labute approximate surface area is 120 Å². The molecule has 0 unspecified atom stereocenters. The number of nitrogens with one attached hydrogen (secondary N) is 2. The van der Waals surface area contributed by atoms with Crippen molar-refractivity contribution in [2.45, 2.75) is 0 Å². The molecule has 3 rings (SSSR count). The van der Waals surface area contributed by atoms with Gasteiger partial charge in [-0.2, -0.15) is 5.10 Å². The first-order valence-corrected chi connectivity index (χ1v) is 6.40. The minimum Gasteiger partial charge on any atom is -0.361 e. The number of hydrogen-bond donors (Lipinski definition) is 2. The molecule has 0 saturated heterocycles. The van der Waals surface area contributed by atoms with Crippen molar-refractivity contribution < 1.29 is 9.18 Å². The number of benzene rings is 2. The summed E-state index contributed by atoms with van der Waals surface area (Å²) in [4.78, 5) is 14.9. The number of carbonyl (C=O) groups excluding carboxylic acids is 1. The monoisotopic (exact) mass is 281 g/mol. The number of aromatic nitrogens is 1. The molecule has 104 valence electrons. The molecule has 0 aliphatic rings. The molecule has 0 bridgehead atoms. The lowest BCUT2D eigenvalue weighted by molar-refractivity contribution is 0.0951. The number of para-hydroxylation sites is 1. The third kappa shape index (κ3) is 2.67. The van der Waals surface area contributed by atoms with Crippen molar-refractivity contribution in [2.75, 3.05) is 0 Å². The SMILES string of the molecule is O=C(NN=Cc1c[nH]c2ccccc12)c1ccccc1F. The number of amides is 1. The van der Waals surface area contributed by atoms with Crippen LogP contribution in [0.15, 0.2) is 59.8 Å². The van der Waals surface area contributed by atoms with E-state index in [2.05, 4.69) is 15.5 Å². The van der Waals surface area contributed by atoms with Crippen molar-refractivity contribution in [3.8, 4) is 0 Å². The molecule has 3 aromatic rings. The Kier molecular flexibility index (Phi) is 3.47. The quantitative estimate of drug-likeness (QED) is 0.562. The van der Waals surface area contributed by atoms with Crippen LogP contribution in [0.4, 0.5) is 4.39 Å². The molecule has 0 spiro atoms. The average molecular weight is 281 g/mol. The van der Waals surface area contributed by atoms with Crippen LogP contribution in [0.5, 0.6) is 0 Å². The second kappa shape index (κ2) is 5.58. The van der Waals surface area contributed by atoms with Gasteiger partial charge in [-0.15, -0.1) is 0 Å². The van der Waals surface area contributed by atoms with Gasteiger partial charge in [0.25, 0.3) is 5.91 Å². The summed E-state index contributed by atoms with van der Waals surface area (Å²) in [5.74, 6) is -1.15. The molecular weight excluding hydrogens is 269 g/mol. The summed E-state index contributed by atoms with van der Waals surface area (Å²) in [5.41, 5.74) is 4.12. The molecular formula is C16H12FN3O. The summed E-state index contributed by atoms with van der Waals surface area (Å²) >= 11 is 0. The van der Waals surface area contributed by atoms with E-state index >= 15 is 0 Å². The molecule has 0 atom stereocenters. The zero-order chi connectivity index (χ0) is 14.7. The first-order chi connectivity index (χ1) is 10.3. The van der Waals surface area contributed by atoms with Crippen LogP contribution in [0.25, 0.3) is 10.9 Å². The summed E-state index contributed by atoms with van der Waals surface area (Å²) in [5, 5.41) is 4.87. The van der Waals surface area contributed by atoms with Crippen molar-refractivity contribution in [1.29, 1.82) is 0 Å². The van der Waals surface area contributed by atoms with Crippen molar-refractivity contribution in [3.63, 3.8) is 0 Å². The van der Waals surface area contributed by atoms with Gasteiger partial charge in [0, 0.05) is 22.7 Å². The average Bonchev–Trinajstić information content (AvgIpc) is 2.91. The molecule has 1 heterocycles.